The summed E-state index contributed by atoms with van der Waals surface area (Å²) in [6.45, 7) is 11.2. The lowest BCUT2D eigenvalue weighted by Crippen LogP contribution is -2.20. The van der Waals surface area contributed by atoms with Crippen LogP contribution in [-0.2, 0) is 71.2 Å². The second kappa shape index (κ2) is 36.2. The Bertz CT molecular complexity index is 920. The first kappa shape index (κ1) is 45.4. The van der Waals surface area contributed by atoms with Gasteiger partial charge in [-0.3, -0.25) is 9.59 Å². The largest absolute Gasteiger partial charge is 0.463 e. The highest BCUT2D eigenvalue weighted by atomic mass is 16.6. The van der Waals surface area contributed by atoms with Crippen molar-refractivity contribution in [1.29, 1.82) is 0 Å². The Kier molecular flexibility index (Phi) is 32.9. The Morgan fingerprint density at radius 2 is 0.600 bits per heavy atom. The number of carbonyl (C=O) groups is 3. The highest BCUT2D eigenvalue weighted by Gasteiger charge is 2.17. The molecule has 0 aliphatic rings. The molecule has 1 aromatic rings. The summed E-state index contributed by atoms with van der Waals surface area (Å²) < 4.78 is 69.2. The number of ether oxygens (including phenoxy) is 13. The van der Waals surface area contributed by atoms with E-state index in [4.69, 9.17) is 61.6 Å². The number of hydrogen-bond acceptors (Lipinski definition) is 16. The maximum absolute atomic E-state index is 11.9. The number of Topliss-reactive ketones (excluding diaryl/α,β-unsaturated/α-hetero) is 1. The number of ketones is 1. The normalized spacial score (nSPS) is 11.1. The predicted octanol–water partition coefficient (Wildman–Crippen LogP) is 1.16. The maximum atomic E-state index is 11.9. The summed E-state index contributed by atoms with van der Waals surface area (Å²) in [5, 5.41) is 0. The highest BCUT2D eigenvalue weighted by molar-refractivity contribution is 6.40. The summed E-state index contributed by atoms with van der Waals surface area (Å²) in [5.74, 6) is -1.90. The van der Waals surface area contributed by atoms with Crippen molar-refractivity contribution in [2.75, 3.05) is 159 Å². The Morgan fingerprint density at radius 3 is 0.860 bits per heavy atom. The molecule has 0 aliphatic heterocycles. The Hall–Kier alpha value is -2.61. The third-order valence-electron chi connectivity index (χ3n) is 5.94. The molecule has 1 rings (SSSR count). The van der Waals surface area contributed by atoms with E-state index < -0.39 is 11.8 Å². The van der Waals surface area contributed by atoms with Crippen LogP contribution in [0.2, 0.25) is 0 Å². The van der Waals surface area contributed by atoms with Crippen molar-refractivity contribution in [3.05, 3.63) is 35.9 Å². The Labute approximate surface area is 295 Å². The van der Waals surface area contributed by atoms with Crippen LogP contribution in [0.5, 0.6) is 0 Å². The van der Waals surface area contributed by atoms with Crippen LogP contribution < -0.4 is 0 Å². The fraction of sp³-hybridized carbons (Fsp3) is 0.735. The predicted molar refractivity (Wildman–Crippen MR) is 177 cm³/mol. The average molecular weight is 721 g/mol. The molecule has 0 N–H and O–H groups in total. The van der Waals surface area contributed by atoms with E-state index in [0.29, 0.717) is 144 Å². The molecule has 0 aliphatic carbocycles. The number of esters is 2. The third kappa shape index (κ3) is 31.4. The molecule has 50 heavy (non-hydrogen) atoms. The minimum atomic E-state index is -0.901. The van der Waals surface area contributed by atoms with Crippen LogP contribution in [0.3, 0.4) is 0 Å². The maximum Gasteiger partial charge on any atom is 0.379 e. The van der Waals surface area contributed by atoms with Gasteiger partial charge in [-0.05, 0) is 0 Å². The molecule has 0 bridgehead atoms. The minimum Gasteiger partial charge on any atom is -0.463 e. The Balaban J connectivity index is 1.65. The number of carbonyl (C=O) groups excluding carboxylic acids is 3. The van der Waals surface area contributed by atoms with Crippen LogP contribution in [0.1, 0.15) is 17.3 Å². The molecule has 0 saturated carbocycles. The van der Waals surface area contributed by atoms with Gasteiger partial charge in [0.25, 0.3) is 5.78 Å². The van der Waals surface area contributed by atoms with Crippen LogP contribution in [0.15, 0.2) is 30.3 Å². The van der Waals surface area contributed by atoms with E-state index in [1.165, 1.54) is 6.92 Å². The molecular weight excluding hydrogens is 664 g/mol. The highest BCUT2D eigenvalue weighted by Crippen LogP contribution is 2.01. The van der Waals surface area contributed by atoms with Gasteiger partial charge in [0.2, 0.25) is 0 Å². The molecule has 1 aromatic carbocycles. The minimum absolute atomic E-state index is 0.00740. The number of rotatable bonds is 38. The molecule has 0 radical (unpaired) electrons. The van der Waals surface area contributed by atoms with E-state index >= 15 is 0 Å². The Morgan fingerprint density at radius 1 is 0.360 bits per heavy atom. The molecule has 288 valence electrons. The van der Waals surface area contributed by atoms with Crippen molar-refractivity contribution < 1.29 is 76.0 Å². The third-order valence-corrected chi connectivity index (χ3v) is 5.94. The van der Waals surface area contributed by atoms with Crippen molar-refractivity contribution in [3.63, 3.8) is 0 Å². The number of benzene rings is 1. The first-order chi connectivity index (χ1) is 24.6. The molecule has 0 unspecified atom stereocenters. The van der Waals surface area contributed by atoms with Crippen molar-refractivity contribution in [2.45, 2.75) is 6.92 Å². The van der Waals surface area contributed by atoms with Gasteiger partial charge < -0.3 is 61.6 Å². The summed E-state index contributed by atoms with van der Waals surface area (Å²) in [4.78, 5) is 34.2. The molecule has 0 heterocycles. The van der Waals surface area contributed by atoms with Gasteiger partial charge in [0.05, 0.1) is 145 Å². The molecule has 0 fully saturated rings. The standard InChI is InChI=1S/C34H56O16/c1-31(35)49-29-27-47-25-23-45-21-19-43-17-15-41-13-11-39-9-7-38-8-10-40-12-14-42-16-18-44-20-22-46-24-26-48-28-30-50-34(37)33(36)32-5-3-2-4-6-32/h2-6H,7-30H2,1H3. The van der Waals surface area contributed by atoms with E-state index in [9.17, 15) is 14.4 Å². The summed E-state index contributed by atoms with van der Waals surface area (Å²) in [6.07, 6.45) is 0. The van der Waals surface area contributed by atoms with E-state index in [-0.39, 0.29) is 25.8 Å². The monoisotopic (exact) mass is 720 g/mol. The first-order valence-corrected chi connectivity index (χ1v) is 16.9. The molecule has 16 heteroatoms. The first-order valence-electron chi connectivity index (χ1n) is 16.9. The molecule has 0 atom stereocenters. The van der Waals surface area contributed by atoms with Gasteiger partial charge in [0.15, 0.2) is 0 Å². The lowest BCUT2D eigenvalue weighted by atomic mass is 10.1. The fourth-order valence-electron chi connectivity index (χ4n) is 3.51. The molecule has 0 saturated heterocycles. The van der Waals surface area contributed by atoms with Gasteiger partial charge >= 0.3 is 11.9 Å². The number of hydrogen-bond donors (Lipinski definition) is 0. The van der Waals surface area contributed by atoms with Crippen LogP contribution >= 0.6 is 0 Å². The topological polar surface area (TPSA) is 171 Å². The van der Waals surface area contributed by atoms with E-state index in [2.05, 4.69) is 0 Å². The van der Waals surface area contributed by atoms with Crippen molar-refractivity contribution in [3.8, 4) is 0 Å². The van der Waals surface area contributed by atoms with Crippen molar-refractivity contribution in [1.82, 2.24) is 0 Å². The molecule has 16 nitrogen and oxygen atoms in total. The summed E-state index contributed by atoms with van der Waals surface area (Å²) in [6, 6.07) is 8.24. The molecular formula is C34H56O16. The fourth-order valence-corrected chi connectivity index (χ4v) is 3.51. The lowest BCUT2D eigenvalue weighted by molar-refractivity contribution is -0.142. The lowest BCUT2D eigenvalue weighted by Gasteiger charge is -2.09. The van der Waals surface area contributed by atoms with Crippen LogP contribution in [0.25, 0.3) is 0 Å². The summed E-state index contributed by atoms with van der Waals surface area (Å²) in [5.41, 5.74) is 0.292. The van der Waals surface area contributed by atoms with Crippen molar-refractivity contribution >= 4 is 17.7 Å². The molecule has 0 spiro atoms. The van der Waals surface area contributed by atoms with Crippen molar-refractivity contribution in [2.24, 2.45) is 0 Å². The van der Waals surface area contributed by atoms with E-state index in [1.807, 2.05) is 0 Å². The zero-order valence-corrected chi connectivity index (χ0v) is 29.4. The summed E-state index contributed by atoms with van der Waals surface area (Å²) >= 11 is 0. The van der Waals surface area contributed by atoms with Gasteiger partial charge in [0, 0.05) is 12.5 Å². The van der Waals surface area contributed by atoms with Crippen LogP contribution in [0.4, 0.5) is 0 Å². The average Bonchev–Trinajstić information content (AvgIpc) is 3.12. The zero-order chi connectivity index (χ0) is 36.0. The second-order valence-corrected chi connectivity index (χ2v) is 9.91. The quantitative estimate of drug-likeness (QED) is 0.0412. The van der Waals surface area contributed by atoms with E-state index in [1.54, 1.807) is 30.3 Å². The van der Waals surface area contributed by atoms with Gasteiger partial charge in [-0.1, -0.05) is 30.3 Å². The SMILES string of the molecule is CC(=O)OCCOCCOCCOCCOCCOCCOCCOCCOCCOCCOCCOCCOC(=O)C(=O)c1ccccc1. The van der Waals surface area contributed by atoms with Crippen LogP contribution in [-0.4, -0.2) is 176 Å². The smallest absolute Gasteiger partial charge is 0.379 e. The molecule has 0 amide bonds. The van der Waals surface area contributed by atoms with Crippen LogP contribution in [0, 0.1) is 0 Å². The van der Waals surface area contributed by atoms with Gasteiger partial charge in [-0.25, -0.2) is 4.79 Å². The zero-order valence-electron chi connectivity index (χ0n) is 29.4. The van der Waals surface area contributed by atoms with Gasteiger partial charge in [-0.15, -0.1) is 0 Å². The second-order valence-electron chi connectivity index (χ2n) is 9.91. The van der Waals surface area contributed by atoms with Gasteiger partial charge in [0.1, 0.15) is 13.2 Å². The summed E-state index contributed by atoms with van der Waals surface area (Å²) in [7, 11) is 0. The van der Waals surface area contributed by atoms with E-state index in [0.717, 1.165) is 0 Å². The molecule has 0 aromatic heterocycles. The van der Waals surface area contributed by atoms with Gasteiger partial charge in [-0.2, -0.15) is 0 Å².